The number of rotatable bonds is 2. The van der Waals surface area contributed by atoms with Crippen LogP contribution in [0, 0.1) is 0 Å². The molecule has 2 atom stereocenters. The number of aliphatic hydroxyl groups excluding tert-OH is 1. The molecule has 88 valence electrons. The second kappa shape index (κ2) is 5.37. The first-order valence-corrected chi connectivity index (χ1v) is 6.31. The average Bonchev–Trinajstić information content (AvgIpc) is 2.30. The van der Waals surface area contributed by atoms with Crippen molar-refractivity contribution < 1.29 is 5.11 Å². The van der Waals surface area contributed by atoms with Gasteiger partial charge in [-0.1, -0.05) is 35.7 Å². The van der Waals surface area contributed by atoms with Crippen LogP contribution in [0.2, 0.25) is 10.0 Å². The van der Waals surface area contributed by atoms with Crippen molar-refractivity contribution in [2.24, 2.45) is 0 Å². The molecule has 0 radical (unpaired) electrons. The molecule has 0 amide bonds. The molecule has 1 fully saturated rings. The third-order valence-corrected chi connectivity index (χ3v) is 3.68. The van der Waals surface area contributed by atoms with Crippen LogP contribution in [0.5, 0.6) is 0 Å². The molecule has 1 saturated heterocycles. The van der Waals surface area contributed by atoms with E-state index in [-0.39, 0.29) is 6.04 Å². The first-order valence-electron chi connectivity index (χ1n) is 5.55. The van der Waals surface area contributed by atoms with E-state index in [1.165, 1.54) is 6.42 Å². The topological polar surface area (TPSA) is 32.3 Å². The van der Waals surface area contributed by atoms with Crippen molar-refractivity contribution in [2.45, 2.75) is 31.4 Å². The molecule has 0 aromatic heterocycles. The van der Waals surface area contributed by atoms with Crippen LogP contribution >= 0.6 is 23.2 Å². The molecule has 0 bridgehead atoms. The van der Waals surface area contributed by atoms with Crippen molar-refractivity contribution in [2.75, 3.05) is 6.54 Å². The molecule has 0 aliphatic carbocycles. The number of aliphatic hydroxyl groups is 1. The van der Waals surface area contributed by atoms with Crippen LogP contribution in [0.4, 0.5) is 0 Å². The van der Waals surface area contributed by atoms with Gasteiger partial charge in [0.1, 0.15) is 0 Å². The number of piperidine rings is 1. The Bertz CT molecular complexity index is 344. The van der Waals surface area contributed by atoms with Crippen LogP contribution in [0.15, 0.2) is 18.2 Å². The molecule has 1 aliphatic heterocycles. The summed E-state index contributed by atoms with van der Waals surface area (Å²) in [6.45, 7) is 0.948. The zero-order valence-electron chi connectivity index (χ0n) is 8.92. The van der Waals surface area contributed by atoms with E-state index in [0.717, 1.165) is 19.4 Å². The summed E-state index contributed by atoms with van der Waals surface area (Å²) in [6.07, 6.45) is 2.64. The summed E-state index contributed by atoms with van der Waals surface area (Å²) >= 11 is 12.1. The highest BCUT2D eigenvalue weighted by Gasteiger charge is 2.25. The first kappa shape index (κ1) is 12.2. The highest BCUT2D eigenvalue weighted by Crippen LogP contribution is 2.33. The Hall–Kier alpha value is -0.280. The second-order valence-corrected chi connectivity index (χ2v) is 4.95. The lowest BCUT2D eigenvalue weighted by atomic mass is 9.95. The molecule has 16 heavy (non-hydrogen) atoms. The largest absolute Gasteiger partial charge is 0.387 e. The van der Waals surface area contributed by atoms with Crippen molar-refractivity contribution in [3.63, 3.8) is 0 Å². The lowest BCUT2D eigenvalue weighted by Crippen LogP contribution is -2.39. The van der Waals surface area contributed by atoms with Gasteiger partial charge < -0.3 is 10.4 Å². The monoisotopic (exact) mass is 259 g/mol. The van der Waals surface area contributed by atoms with E-state index >= 15 is 0 Å². The van der Waals surface area contributed by atoms with Gasteiger partial charge in [0.2, 0.25) is 0 Å². The van der Waals surface area contributed by atoms with Gasteiger partial charge in [-0.3, -0.25) is 0 Å². The van der Waals surface area contributed by atoms with Crippen LogP contribution in [-0.4, -0.2) is 17.7 Å². The molecule has 1 aliphatic rings. The smallest absolute Gasteiger partial charge is 0.0971 e. The third kappa shape index (κ3) is 2.51. The summed E-state index contributed by atoms with van der Waals surface area (Å²) in [5.41, 5.74) is 0.644. The number of benzene rings is 1. The summed E-state index contributed by atoms with van der Waals surface area (Å²) in [6, 6.07) is 5.37. The van der Waals surface area contributed by atoms with E-state index in [2.05, 4.69) is 5.32 Å². The molecular weight excluding hydrogens is 245 g/mol. The molecule has 4 heteroatoms. The van der Waals surface area contributed by atoms with Gasteiger partial charge in [0.15, 0.2) is 0 Å². The second-order valence-electron chi connectivity index (χ2n) is 4.14. The number of halogens is 2. The molecule has 0 saturated carbocycles. The van der Waals surface area contributed by atoms with Gasteiger partial charge in [0, 0.05) is 21.7 Å². The maximum atomic E-state index is 10.3. The van der Waals surface area contributed by atoms with E-state index in [1.807, 2.05) is 0 Å². The van der Waals surface area contributed by atoms with Crippen LogP contribution in [-0.2, 0) is 0 Å². The first-order chi connectivity index (χ1) is 7.70. The van der Waals surface area contributed by atoms with E-state index in [0.29, 0.717) is 15.6 Å². The fraction of sp³-hybridized carbons (Fsp3) is 0.500. The Morgan fingerprint density at radius 3 is 2.50 bits per heavy atom. The minimum absolute atomic E-state index is 0.0612. The Labute approximate surface area is 106 Å². The van der Waals surface area contributed by atoms with E-state index < -0.39 is 6.10 Å². The zero-order valence-corrected chi connectivity index (χ0v) is 10.4. The normalized spacial score (nSPS) is 23.1. The third-order valence-electron chi connectivity index (χ3n) is 3.03. The number of hydrogen-bond donors (Lipinski definition) is 2. The summed E-state index contributed by atoms with van der Waals surface area (Å²) in [4.78, 5) is 0. The van der Waals surface area contributed by atoms with Crippen molar-refractivity contribution in [3.05, 3.63) is 33.8 Å². The molecular formula is C12H15Cl2NO. The maximum Gasteiger partial charge on any atom is 0.0971 e. The Morgan fingerprint density at radius 1 is 1.25 bits per heavy atom. The summed E-state index contributed by atoms with van der Waals surface area (Å²) in [5.74, 6) is 0. The maximum absolute atomic E-state index is 10.3. The van der Waals surface area contributed by atoms with Crippen LogP contribution in [0.3, 0.4) is 0 Å². The van der Waals surface area contributed by atoms with E-state index in [9.17, 15) is 5.11 Å². The molecule has 1 aromatic rings. The molecule has 1 aromatic carbocycles. The van der Waals surface area contributed by atoms with Crippen molar-refractivity contribution in [3.8, 4) is 0 Å². The lowest BCUT2D eigenvalue weighted by Gasteiger charge is -2.29. The highest BCUT2D eigenvalue weighted by molar-refractivity contribution is 6.36. The van der Waals surface area contributed by atoms with E-state index in [4.69, 9.17) is 23.2 Å². The van der Waals surface area contributed by atoms with Crippen molar-refractivity contribution >= 4 is 23.2 Å². The molecule has 1 heterocycles. The number of nitrogens with one attached hydrogen (secondary N) is 1. The summed E-state index contributed by atoms with van der Waals surface area (Å²) < 4.78 is 0. The molecule has 2 rings (SSSR count). The molecule has 0 spiro atoms. The van der Waals surface area contributed by atoms with Gasteiger partial charge in [0.25, 0.3) is 0 Å². The van der Waals surface area contributed by atoms with Gasteiger partial charge in [-0.15, -0.1) is 0 Å². The zero-order chi connectivity index (χ0) is 11.5. The van der Waals surface area contributed by atoms with Crippen LogP contribution in [0.25, 0.3) is 0 Å². The Balaban J connectivity index is 2.22. The highest BCUT2D eigenvalue weighted by atomic mass is 35.5. The minimum atomic E-state index is -0.624. The number of hydrogen-bond acceptors (Lipinski definition) is 2. The van der Waals surface area contributed by atoms with Crippen LogP contribution in [0.1, 0.15) is 30.9 Å². The van der Waals surface area contributed by atoms with Crippen molar-refractivity contribution in [1.29, 1.82) is 0 Å². The molecule has 2 nitrogen and oxygen atoms in total. The lowest BCUT2D eigenvalue weighted by molar-refractivity contribution is 0.114. The standard InChI is InChI=1S/C12H15Cl2NO/c13-8-4-3-5-9(14)11(8)12(16)10-6-1-2-7-15-10/h3-5,10,12,15-16H,1-2,6-7H2/t10-,12-/m0/s1. The van der Waals surface area contributed by atoms with Gasteiger partial charge in [-0.25, -0.2) is 0 Å². The predicted octanol–water partition coefficient (Wildman–Crippen LogP) is 3.17. The summed E-state index contributed by atoms with van der Waals surface area (Å²) in [5, 5.41) is 14.6. The van der Waals surface area contributed by atoms with E-state index in [1.54, 1.807) is 18.2 Å². The van der Waals surface area contributed by atoms with Gasteiger partial charge in [0.05, 0.1) is 6.10 Å². The summed E-state index contributed by atoms with van der Waals surface area (Å²) in [7, 11) is 0. The Kier molecular flexibility index (Phi) is 4.09. The predicted molar refractivity (Wildman–Crippen MR) is 67.1 cm³/mol. The average molecular weight is 260 g/mol. The molecule has 0 unspecified atom stereocenters. The Morgan fingerprint density at radius 2 is 1.94 bits per heavy atom. The SMILES string of the molecule is O[C@H](c1c(Cl)cccc1Cl)[C@@H]1CCCCN1. The fourth-order valence-corrected chi connectivity index (χ4v) is 2.76. The van der Waals surface area contributed by atoms with Gasteiger partial charge in [-0.2, -0.15) is 0 Å². The van der Waals surface area contributed by atoms with Gasteiger partial charge in [-0.05, 0) is 31.5 Å². The van der Waals surface area contributed by atoms with Crippen LogP contribution < -0.4 is 5.32 Å². The minimum Gasteiger partial charge on any atom is -0.387 e. The van der Waals surface area contributed by atoms with Gasteiger partial charge >= 0.3 is 0 Å². The fourth-order valence-electron chi connectivity index (χ4n) is 2.14. The quantitative estimate of drug-likeness (QED) is 0.856. The molecule has 2 N–H and O–H groups in total. The van der Waals surface area contributed by atoms with Crippen molar-refractivity contribution in [1.82, 2.24) is 5.32 Å².